The van der Waals surface area contributed by atoms with E-state index in [1.54, 1.807) is 4.90 Å². The van der Waals surface area contributed by atoms with Crippen LogP contribution in [-0.2, 0) is 9.53 Å². The van der Waals surface area contributed by atoms with Crippen LogP contribution in [0.3, 0.4) is 0 Å². The Morgan fingerprint density at radius 1 is 1.26 bits per heavy atom. The fraction of sp³-hybridized carbons (Fsp3) is 0.933. The second-order valence-corrected chi connectivity index (χ2v) is 6.17. The van der Waals surface area contributed by atoms with Gasteiger partial charge in [-0.15, -0.1) is 0 Å². The van der Waals surface area contributed by atoms with Crippen molar-refractivity contribution in [2.75, 3.05) is 40.4 Å². The van der Waals surface area contributed by atoms with Gasteiger partial charge in [-0.1, -0.05) is 0 Å². The third kappa shape index (κ3) is 4.46. The molecule has 4 nitrogen and oxygen atoms in total. The molecule has 2 heterocycles. The molecule has 2 aliphatic rings. The van der Waals surface area contributed by atoms with E-state index >= 15 is 0 Å². The molecule has 1 atom stereocenters. The highest BCUT2D eigenvalue weighted by atomic mass is 16.5. The average molecular weight is 268 g/mol. The third-order valence-electron chi connectivity index (χ3n) is 4.52. The van der Waals surface area contributed by atoms with Gasteiger partial charge < -0.3 is 9.64 Å². The van der Waals surface area contributed by atoms with Crippen LogP contribution in [0.5, 0.6) is 0 Å². The number of rotatable bonds is 4. The first-order valence-electron chi connectivity index (χ1n) is 7.68. The highest BCUT2D eigenvalue weighted by Gasteiger charge is 2.27. The average Bonchev–Trinajstić information content (AvgIpc) is 2.46. The summed E-state index contributed by atoms with van der Waals surface area (Å²) >= 11 is 0. The van der Waals surface area contributed by atoms with Gasteiger partial charge in [-0.3, -0.25) is 9.69 Å². The van der Waals surface area contributed by atoms with Crippen molar-refractivity contribution >= 4 is 5.91 Å². The van der Waals surface area contributed by atoms with Gasteiger partial charge in [-0.05, 0) is 44.6 Å². The van der Waals surface area contributed by atoms with Crippen LogP contribution in [0.4, 0.5) is 0 Å². The fourth-order valence-electron chi connectivity index (χ4n) is 3.27. The summed E-state index contributed by atoms with van der Waals surface area (Å²) in [6, 6.07) is 0.723. The van der Waals surface area contributed by atoms with E-state index in [0.29, 0.717) is 12.3 Å². The number of carbonyl (C=O) groups is 1. The zero-order valence-corrected chi connectivity index (χ0v) is 12.4. The molecule has 0 aromatic rings. The number of piperidine rings is 1. The quantitative estimate of drug-likeness (QED) is 0.778. The maximum absolute atomic E-state index is 11.7. The number of amides is 1. The van der Waals surface area contributed by atoms with Crippen LogP contribution < -0.4 is 0 Å². The van der Waals surface area contributed by atoms with Crippen LogP contribution in [-0.4, -0.2) is 62.1 Å². The number of nitrogens with zero attached hydrogens (tertiary/aromatic N) is 2. The molecule has 2 fully saturated rings. The number of ether oxygens (including phenoxy) is 1. The van der Waals surface area contributed by atoms with Crippen LogP contribution in [0.25, 0.3) is 0 Å². The molecule has 110 valence electrons. The zero-order chi connectivity index (χ0) is 13.7. The summed E-state index contributed by atoms with van der Waals surface area (Å²) < 4.78 is 5.45. The van der Waals surface area contributed by atoms with E-state index in [1.165, 1.54) is 38.8 Å². The molecule has 0 radical (unpaired) electrons. The van der Waals surface area contributed by atoms with E-state index in [4.69, 9.17) is 4.74 Å². The molecule has 0 bridgehead atoms. The molecular weight excluding hydrogens is 240 g/mol. The van der Waals surface area contributed by atoms with Crippen molar-refractivity contribution in [1.29, 1.82) is 0 Å². The van der Waals surface area contributed by atoms with Gasteiger partial charge in [0, 0.05) is 46.3 Å². The molecule has 2 saturated heterocycles. The van der Waals surface area contributed by atoms with E-state index in [2.05, 4.69) is 4.90 Å². The van der Waals surface area contributed by atoms with E-state index in [1.807, 2.05) is 14.1 Å². The van der Waals surface area contributed by atoms with E-state index in [0.717, 1.165) is 25.7 Å². The van der Waals surface area contributed by atoms with Crippen molar-refractivity contribution in [1.82, 2.24) is 9.80 Å². The Bertz CT molecular complexity index is 288. The normalized spacial score (nSPS) is 26.3. The summed E-state index contributed by atoms with van der Waals surface area (Å²) in [7, 11) is 3.69. The summed E-state index contributed by atoms with van der Waals surface area (Å²) in [5.41, 5.74) is 0. The van der Waals surface area contributed by atoms with Gasteiger partial charge in [0.25, 0.3) is 0 Å². The van der Waals surface area contributed by atoms with Gasteiger partial charge in [0.05, 0.1) is 0 Å². The third-order valence-corrected chi connectivity index (χ3v) is 4.52. The van der Waals surface area contributed by atoms with Crippen LogP contribution in [0.15, 0.2) is 0 Å². The lowest BCUT2D eigenvalue weighted by molar-refractivity contribution is -0.129. The van der Waals surface area contributed by atoms with E-state index in [9.17, 15) is 4.79 Å². The summed E-state index contributed by atoms with van der Waals surface area (Å²) in [5.74, 6) is 0.976. The Labute approximate surface area is 117 Å². The molecule has 2 aliphatic heterocycles. The van der Waals surface area contributed by atoms with Crippen LogP contribution >= 0.6 is 0 Å². The molecule has 0 N–H and O–H groups in total. The summed E-state index contributed by atoms with van der Waals surface area (Å²) in [4.78, 5) is 16.0. The molecule has 0 unspecified atom stereocenters. The Hall–Kier alpha value is -0.610. The van der Waals surface area contributed by atoms with Crippen molar-refractivity contribution in [2.24, 2.45) is 5.92 Å². The van der Waals surface area contributed by atoms with Crippen LogP contribution in [0.2, 0.25) is 0 Å². The minimum atomic E-state index is 0.267. The molecule has 2 rings (SSSR count). The first-order chi connectivity index (χ1) is 9.16. The SMILES string of the molecule is CN(C)C(=O)CC[C@@H]1CCCN(C2CCOCC2)C1. The lowest BCUT2D eigenvalue weighted by Crippen LogP contribution is -2.45. The monoisotopic (exact) mass is 268 g/mol. The number of carbonyl (C=O) groups excluding carboxylic acids is 1. The molecule has 0 saturated carbocycles. The molecule has 0 aliphatic carbocycles. The number of likely N-dealkylation sites (tertiary alicyclic amines) is 1. The first kappa shape index (κ1) is 14.8. The second kappa shape index (κ2) is 7.25. The number of hydrogen-bond acceptors (Lipinski definition) is 3. The topological polar surface area (TPSA) is 32.8 Å². The lowest BCUT2D eigenvalue weighted by Gasteiger charge is -2.40. The standard InChI is InChI=1S/C15H28N2O2/c1-16(2)15(18)6-5-13-4-3-9-17(12-13)14-7-10-19-11-8-14/h13-14H,3-12H2,1-2H3/t13-/m0/s1. The second-order valence-electron chi connectivity index (χ2n) is 6.17. The zero-order valence-electron chi connectivity index (χ0n) is 12.4. The van der Waals surface area contributed by atoms with Gasteiger partial charge >= 0.3 is 0 Å². The Kier molecular flexibility index (Phi) is 5.64. The van der Waals surface area contributed by atoms with Crippen molar-refractivity contribution in [3.63, 3.8) is 0 Å². The Balaban J connectivity index is 1.75. The van der Waals surface area contributed by atoms with Gasteiger partial charge in [0.2, 0.25) is 5.91 Å². The van der Waals surface area contributed by atoms with Gasteiger partial charge in [0.1, 0.15) is 0 Å². The van der Waals surface area contributed by atoms with Crippen molar-refractivity contribution in [3.8, 4) is 0 Å². The lowest BCUT2D eigenvalue weighted by atomic mass is 9.91. The molecule has 19 heavy (non-hydrogen) atoms. The Morgan fingerprint density at radius 3 is 2.68 bits per heavy atom. The van der Waals surface area contributed by atoms with Crippen molar-refractivity contribution in [3.05, 3.63) is 0 Å². The maximum Gasteiger partial charge on any atom is 0.222 e. The van der Waals surface area contributed by atoms with Crippen molar-refractivity contribution in [2.45, 2.75) is 44.6 Å². The fourth-order valence-corrected chi connectivity index (χ4v) is 3.27. The molecule has 0 aromatic heterocycles. The maximum atomic E-state index is 11.7. The summed E-state index contributed by atoms with van der Waals surface area (Å²) in [5, 5.41) is 0. The minimum absolute atomic E-state index is 0.267. The first-order valence-corrected chi connectivity index (χ1v) is 7.68. The van der Waals surface area contributed by atoms with Crippen LogP contribution in [0, 0.1) is 5.92 Å². The molecule has 0 aromatic carbocycles. The smallest absolute Gasteiger partial charge is 0.222 e. The van der Waals surface area contributed by atoms with E-state index in [-0.39, 0.29) is 5.91 Å². The predicted molar refractivity (Wildman–Crippen MR) is 76.1 cm³/mol. The predicted octanol–water partition coefficient (Wildman–Crippen LogP) is 1.75. The van der Waals surface area contributed by atoms with E-state index < -0.39 is 0 Å². The Morgan fingerprint density at radius 2 is 2.00 bits per heavy atom. The number of hydrogen-bond donors (Lipinski definition) is 0. The van der Waals surface area contributed by atoms with Gasteiger partial charge in [-0.2, -0.15) is 0 Å². The summed E-state index contributed by atoms with van der Waals surface area (Å²) in [6.45, 7) is 4.27. The highest BCUT2D eigenvalue weighted by Crippen LogP contribution is 2.25. The van der Waals surface area contributed by atoms with Gasteiger partial charge in [-0.25, -0.2) is 0 Å². The highest BCUT2D eigenvalue weighted by molar-refractivity contribution is 5.75. The molecule has 1 amide bonds. The van der Waals surface area contributed by atoms with Gasteiger partial charge in [0.15, 0.2) is 0 Å². The molecule has 0 spiro atoms. The largest absolute Gasteiger partial charge is 0.381 e. The molecule has 4 heteroatoms. The van der Waals surface area contributed by atoms with Crippen LogP contribution in [0.1, 0.15) is 38.5 Å². The molecular formula is C15H28N2O2. The summed E-state index contributed by atoms with van der Waals surface area (Å²) in [6.07, 6.45) is 6.71. The van der Waals surface area contributed by atoms with Crippen molar-refractivity contribution < 1.29 is 9.53 Å². The minimum Gasteiger partial charge on any atom is -0.381 e.